The summed E-state index contributed by atoms with van der Waals surface area (Å²) in [4.78, 5) is 2.43. The SMILES string of the molecule is CCc1nnc(N(C)CCCOC)c(C(N)=S)c1CC. The summed E-state index contributed by atoms with van der Waals surface area (Å²) < 4.78 is 5.07. The smallest absolute Gasteiger partial charge is 0.161 e. The molecule has 0 radical (unpaired) electrons. The maximum Gasteiger partial charge on any atom is 0.161 e. The second kappa shape index (κ2) is 8.11. The van der Waals surface area contributed by atoms with Gasteiger partial charge in [0.05, 0.1) is 11.3 Å². The molecule has 0 unspecified atom stereocenters. The summed E-state index contributed by atoms with van der Waals surface area (Å²) in [6, 6.07) is 0. The van der Waals surface area contributed by atoms with Crippen LogP contribution in [0.15, 0.2) is 0 Å². The Morgan fingerprint density at radius 3 is 2.50 bits per heavy atom. The number of aryl methyl sites for hydroxylation is 1. The average Bonchev–Trinajstić information content (AvgIpc) is 2.45. The first-order valence-corrected chi connectivity index (χ1v) is 7.35. The van der Waals surface area contributed by atoms with Crippen LogP contribution < -0.4 is 10.6 Å². The quantitative estimate of drug-likeness (QED) is 0.582. The van der Waals surface area contributed by atoms with Gasteiger partial charge in [-0.25, -0.2) is 0 Å². The van der Waals surface area contributed by atoms with Crippen molar-refractivity contribution in [2.24, 2.45) is 5.73 Å². The lowest BCUT2D eigenvalue weighted by Crippen LogP contribution is -2.27. The van der Waals surface area contributed by atoms with Crippen LogP contribution in [0.2, 0.25) is 0 Å². The number of nitrogens with two attached hydrogens (primary N) is 1. The van der Waals surface area contributed by atoms with Crippen molar-refractivity contribution in [3.8, 4) is 0 Å². The van der Waals surface area contributed by atoms with Gasteiger partial charge in [0.1, 0.15) is 4.99 Å². The summed E-state index contributed by atoms with van der Waals surface area (Å²) in [5, 5.41) is 8.65. The van der Waals surface area contributed by atoms with Crippen molar-refractivity contribution in [3.63, 3.8) is 0 Å². The van der Waals surface area contributed by atoms with Gasteiger partial charge in [-0.1, -0.05) is 26.1 Å². The van der Waals surface area contributed by atoms with E-state index in [0.717, 1.165) is 48.4 Å². The molecule has 1 heterocycles. The Bertz CT molecular complexity index is 465. The number of hydrogen-bond acceptors (Lipinski definition) is 5. The van der Waals surface area contributed by atoms with E-state index in [0.29, 0.717) is 11.6 Å². The highest BCUT2D eigenvalue weighted by Crippen LogP contribution is 2.23. The monoisotopic (exact) mass is 296 g/mol. The molecular weight excluding hydrogens is 272 g/mol. The van der Waals surface area contributed by atoms with E-state index in [1.807, 2.05) is 11.9 Å². The molecular formula is C14H24N4OS. The van der Waals surface area contributed by atoms with Crippen LogP contribution >= 0.6 is 12.2 Å². The van der Waals surface area contributed by atoms with Gasteiger partial charge in [-0.05, 0) is 24.8 Å². The van der Waals surface area contributed by atoms with Gasteiger partial charge < -0.3 is 15.4 Å². The molecule has 0 aliphatic carbocycles. The molecule has 0 bridgehead atoms. The lowest BCUT2D eigenvalue weighted by atomic mass is 10.0. The fraction of sp³-hybridized carbons (Fsp3) is 0.643. The van der Waals surface area contributed by atoms with Crippen molar-refractivity contribution in [2.75, 3.05) is 32.2 Å². The first-order chi connectivity index (χ1) is 9.56. The summed E-state index contributed by atoms with van der Waals surface area (Å²) in [5.74, 6) is 0.766. The highest BCUT2D eigenvalue weighted by molar-refractivity contribution is 7.80. The fourth-order valence-corrected chi connectivity index (χ4v) is 2.45. The van der Waals surface area contributed by atoms with E-state index in [1.54, 1.807) is 7.11 Å². The number of anilines is 1. The lowest BCUT2D eigenvalue weighted by Gasteiger charge is -2.22. The molecule has 0 atom stereocenters. The Morgan fingerprint density at radius 1 is 1.30 bits per heavy atom. The zero-order valence-corrected chi connectivity index (χ0v) is 13.6. The molecule has 0 aliphatic rings. The van der Waals surface area contributed by atoms with Gasteiger partial charge in [0, 0.05) is 27.3 Å². The largest absolute Gasteiger partial charge is 0.389 e. The Kier molecular flexibility index (Phi) is 6.81. The number of rotatable bonds is 8. The van der Waals surface area contributed by atoms with E-state index in [-0.39, 0.29) is 0 Å². The maximum absolute atomic E-state index is 5.92. The Balaban J connectivity index is 3.15. The van der Waals surface area contributed by atoms with Crippen LogP contribution in [0.5, 0.6) is 0 Å². The van der Waals surface area contributed by atoms with Gasteiger partial charge in [0.25, 0.3) is 0 Å². The van der Waals surface area contributed by atoms with Crippen molar-refractivity contribution < 1.29 is 4.74 Å². The molecule has 6 heteroatoms. The van der Waals surface area contributed by atoms with Crippen LogP contribution in [0.1, 0.15) is 37.1 Å². The molecule has 112 valence electrons. The minimum absolute atomic E-state index is 0.389. The highest BCUT2D eigenvalue weighted by atomic mass is 32.1. The first kappa shape index (κ1) is 16.8. The number of hydrogen-bond donors (Lipinski definition) is 1. The van der Waals surface area contributed by atoms with Crippen molar-refractivity contribution in [2.45, 2.75) is 33.1 Å². The topological polar surface area (TPSA) is 64.3 Å². The molecule has 2 N–H and O–H groups in total. The van der Waals surface area contributed by atoms with E-state index in [2.05, 4.69) is 24.0 Å². The second-order valence-electron chi connectivity index (χ2n) is 4.66. The van der Waals surface area contributed by atoms with Crippen LogP contribution in [0.25, 0.3) is 0 Å². The molecule has 0 aromatic carbocycles. The predicted octanol–water partition coefficient (Wildman–Crippen LogP) is 1.71. The fourth-order valence-electron chi connectivity index (χ4n) is 2.24. The molecule has 0 fully saturated rings. The first-order valence-electron chi connectivity index (χ1n) is 6.95. The zero-order chi connectivity index (χ0) is 15.1. The second-order valence-corrected chi connectivity index (χ2v) is 5.10. The third-order valence-corrected chi connectivity index (χ3v) is 3.48. The molecule has 0 aliphatic heterocycles. The standard InChI is InChI=1S/C14H24N4OS/c1-5-10-11(6-2)16-17-14(12(10)13(15)20)18(3)8-7-9-19-4/h5-9H2,1-4H3,(H2,15,20). The van der Waals surface area contributed by atoms with Gasteiger partial charge in [-0.2, -0.15) is 5.10 Å². The lowest BCUT2D eigenvalue weighted by molar-refractivity contribution is 0.196. The van der Waals surface area contributed by atoms with Crippen molar-refractivity contribution in [3.05, 3.63) is 16.8 Å². The zero-order valence-electron chi connectivity index (χ0n) is 12.8. The van der Waals surface area contributed by atoms with Gasteiger partial charge in [-0.3, -0.25) is 0 Å². The molecule has 20 heavy (non-hydrogen) atoms. The van der Waals surface area contributed by atoms with E-state index in [1.165, 1.54) is 0 Å². The van der Waals surface area contributed by atoms with Crippen LogP contribution in [0.4, 0.5) is 5.82 Å². The van der Waals surface area contributed by atoms with Gasteiger partial charge in [0.15, 0.2) is 5.82 Å². The average molecular weight is 296 g/mol. The normalized spacial score (nSPS) is 10.6. The van der Waals surface area contributed by atoms with Crippen molar-refractivity contribution in [1.82, 2.24) is 10.2 Å². The Morgan fingerprint density at radius 2 is 2.00 bits per heavy atom. The van der Waals surface area contributed by atoms with Gasteiger partial charge >= 0.3 is 0 Å². The predicted molar refractivity (Wildman–Crippen MR) is 86.4 cm³/mol. The van der Waals surface area contributed by atoms with Crippen molar-refractivity contribution >= 4 is 23.0 Å². The summed E-state index contributed by atoms with van der Waals surface area (Å²) in [6.45, 7) is 5.70. The number of ether oxygens (including phenoxy) is 1. The van der Waals surface area contributed by atoms with E-state index in [9.17, 15) is 0 Å². The molecule has 5 nitrogen and oxygen atoms in total. The molecule has 0 spiro atoms. The third-order valence-electron chi connectivity index (χ3n) is 3.28. The van der Waals surface area contributed by atoms with E-state index in [4.69, 9.17) is 22.7 Å². The Hall–Kier alpha value is -1.27. The Labute approximate surface area is 126 Å². The third kappa shape index (κ3) is 3.86. The van der Waals surface area contributed by atoms with Crippen LogP contribution in [0, 0.1) is 0 Å². The summed E-state index contributed by atoms with van der Waals surface area (Å²) in [5.41, 5.74) is 8.88. The summed E-state index contributed by atoms with van der Waals surface area (Å²) in [6.07, 6.45) is 2.60. The minimum Gasteiger partial charge on any atom is -0.389 e. The van der Waals surface area contributed by atoms with E-state index >= 15 is 0 Å². The van der Waals surface area contributed by atoms with Crippen molar-refractivity contribution in [1.29, 1.82) is 0 Å². The summed E-state index contributed by atoms with van der Waals surface area (Å²) in [7, 11) is 3.68. The summed E-state index contributed by atoms with van der Waals surface area (Å²) >= 11 is 5.22. The number of methoxy groups -OCH3 is 1. The maximum atomic E-state index is 5.92. The highest BCUT2D eigenvalue weighted by Gasteiger charge is 2.19. The number of thiocarbonyl (C=S) groups is 1. The molecule has 1 rings (SSSR count). The van der Waals surface area contributed by atoms with Crippen LogP contribution in [-0.4, -0.2) is 42.5 Å². The van der Waals surface area contributed by atoms with E-state index < -0.39 is 0 Å². The minimum atomic E-state index is 0.389. The molecule has 1 aromatic heterocycles. The molecule has 1 aromatic rings. The van der Waals surface area contributed by atoms with Crippen LogP contribution in [-0.2, 0) is 17.6 Å². The molecule has 0 saturated heterocycles. The molecule has 0 saturated carbocycles. The number of aromatic nitrogens is 2. The number of nitrogens with zero attached hydrogens (tertiary/aromatic N) is 3. The molecule has 0 amide bonds. The van der Waals surface area contributed by atoms with Gasteiger partial charge in [0.2, 0.25) is 0 Å². The van der Waals surface area contributed by atoms with Crippen LogP contribution in [0.3, 0.4) is 0 Å². The van der Waals surface area contributed by atoms with Gasteiger partial charge in [-0.15, -0.1) is 5.10 Å².